The normalized spacial score (nSPS) is 18.4. The maximum Gasteiger partial charge on any atom is 0.185 e. The molecule has 0 saturated carbocycles. The van der Waals surface area contributed by atoms with Gasteiger partial charge in [0.1, 0.15) is 0 Å². The van der Waals surface area contributed by atoms with E-state index in [2.05, 4.69) is 44.5 Å². The van der Waals surface area contributed by atoms with Crippen molar-refractivity contribution in [1.29, 1.82) is 0 Å². The van der Waals surface area contributed by atoms with Crippen LogP contribution in [0.15, 0.2) is 0 Å². The molecule has 108 valence electrons. The van der Waals surface area contributed by atoms with E-state index in [0.29, 0.717) is 5.92 Å². The fourth-order valence-corrected chi connectivity index (χ4v) is 3.59. The first kappa shape index (κ1) is 14.8. The summed E-state index contributed by atoms with van der Waals surface area (Å²) in [6.45, 7) is 12.9. The molecule has 1 fully saturated rings. The number of hydrogen-bond acceptors (Lipinski definition) is 5. The Balaban J connectivity index is 2.28. The molecule has 2 N–H and O–H groups in total. The number of anilines is 1. The number of nitrogens with zero attached hydrogens (tertiary/aromatic N) is 3. The Morgan fingerprint density at radius 1 is 1.21 bits per heavy atom. The van der Waals surface area contributed by atoms with Crippen molar-refractivity contribution < 1.29 is 0 Å². The van der Waals surface area contributed by atoms with Gasteiger partial charge in [-0.05, 0) is 26.8 Å². The van der Waals surface area contributed by atoms with Gasteiger partial charge in [0.05, 0.1) is 5.69 Å². The van der Waals surface area contributed by atoms with Gasteiger partial charge in [0.25, 0.3) is 0 Å². The van der Waals surface area contributed by atoms with Crippen LogP contribution in [0.2, 0.25) is 0 Å². The zero-order valence-electron chi connectivity index (χ0n) is 12.7. The van der Waals surface area contributed by atoms with Crippen LogP contribution >= 0.6 is 11.3 Å². The van der Waals surface area contributed by atoms with Crippen LogP contribution in [0.25, 0.3) is 0 Å². The predicted molar refractivity (Wildman–Crippen MR) is 83.1 cm³/mol. The minimum Gasteiger partial charge on any atom is -0.346 e. The van der Waals surface area contributed by atoms with Crippen molar-refractivity contribution >= 4 is 16.5 Å². The quantitative estimate of drug-likeness (QED) is 0.923. The largest absolute Gasteiger partial charge is 0.346 e. The first-order valence-electron chi connectivity index (χ1n) is 7.02. The van der Waals surface area contributed by atoms with Gasteiger partial charge < -0.3 is 15.5 Å². The first-order chi connectivity index (χ1) is 8.79. The summed E-state index contributed by atoms with van der Waals surface area (Å²) >= 11 is 1.77. The van der Waals surface area contributed by atoms with Crippen molar-refractivity contribution in [3.05, 3.63) is 10.6 Å². The Labute approximate surface area is 120 Å². The molecule has 1 aromatic rings. The standard InChI is InChI=1S/C14H26N4S/c1-10(2)11-12(14(3,4)15)19-13(16-11)18-8-6-17(5)7-9-18/h10H,6-9,15H2,1-5H3. The lowest BCUT2D eigenvalue weighted by Gasteiger charge is -2.32. The summed E-state index contributed by atoms with van der Waals surface area (Å²) < 4.78 is 0. The van der Waals surface area contributed by atoms with Crippen LogP contribution < -0.4 is 10.6 Å². The highest BCUT2D eigenvalue weighted by Crippen LogP contribution is 2.36. The average molecular weight is 282 g/mol. The zero-order valence-corrected chi connectivity index (χ0v) is 13.5. The zero-order chi connectivity index (χ0) is 14.2. The molecule has 1 saturated heterocycles. The molecule has 1 aliphatic heterocycles. The van der Waals surface area contributed by atoms with Crippen molar-refractivity contribution in [2.75, 3.05) is 38.1 Å². The van der Waals surface area contributed by atoms with E-state index in [9.17, 15) is 0 Å². The maximum absolute atomic E-state index is 6.30. The van der Waals surface area contributed by atoms with Gasteiger partial charge in [-0.25, -0.2) is 4.98 Å². The van der Waals surface area contributed by atoms with E-state index in [1.807, 2.05) is 0 Å². The Morgan fingerprint density at radius 2 is 1.79 bits per heavy atom. The minimum absolute atomic E-state index is 0.303. The van der Waals surface area contributed by atoms with E-state index in [0.717, 1.165) is 31.3 Å². The van der Waals surface area contributed by atoms with Crippen LogP contribution in [-0.4, -0.2) is 43.1 Å². The van der Waals surface area contributed by atoms with E-state index < -0.39 is 0 Å². The summed E-state index contributed by atoms with van der Waals surface area (Å²) in [6, 6.07) is 0. The lowest BCUT2D eigenvalue weighted by atomic mass is 9.98. The van der Waals surface area contributed by atoms with E-state index in [4.69, 9.17) is 10.7 Å². The highest BCUT2D eigenvalue weighted by molar-refractivity contribution is 7.15. The molecule has 2 rings (SSSR count). The molecule has 0 amide bonds. The van der Waals surface area contributed by atoms with Gasteiger partial charge in [0.15, 0.2) is 5.13 Å². The van der Waals surface area contributed by atoms with Crippen molar-refractivity contribution in [3.63, 3.8) is 0 Å². The van der Waals surface area contributed by atoms with Crippen LogP contribution in [0.3, 0.4) is 0 Å². The molecule has 19 heavy (non-hydrogen) atoms. The Hall–Kier alpha value is -0.650. The summed E-state index contributed by atoms with van der Waals surface area (Å²) in [5.74, 6) is 0.426. The van der Waals surface area contributed by atoms with Gasteiger partial charge in [-0.15, -0.1) is 0 Å². The third-order valence-electron chi connectivity index (χ3n) is 3.55. The molecule has 0 aliphatic carbocycles. The number of likely N-dealkylation sites (N-methyl/N-ethyl adjacent to an activating group) is 1. The highest BCUT2D eigenvalue weighted by Gasteiger charge is 2.27. The second-order valence-electron chi connectivity index (χ2n) is 6.38. The molecule has 1 aromatic heterocycles. The summed E-state index contributed by atoms with van der Waals surface area (Å²) in [5.41, 5.74) is 7.17. The second-order valence-corrected chi connectivity index (χ2v) is 7.36. The number of aromatic nitrogens is 1. The molecule has 0 unspecified atom stereocenters. The van der Waals surface area contributed by atoms with E-state index in [1.165, 1.54) is 10.6 Å². The molecular formula is C14H26N4S. The van der Waals surface area contributed by atoms with Gasteiger partial charge >= 0.3 is 0 Å². The Kier molecular flexibility index (Phi) is 4.18. The summed E-state index contributed by atoms with van der Waals surface area (Å²) in [7, 11) is 2.17. The number of thiazole rings is 1. The maximum atomic E-state index is 6.30. The Morgan fingerprint density at radius 3 is 2.21 bits per heavy atom. The number of rotatable bonds is 3. The van der Waals surface area contributed by atoms with Gasteiger partial charge in [0, 0.05) is 36.6 Å². The summed E-state index contributed by atoms with van der Waals surface area (Å²) in [5, 5.41) is 1.14. The van der Waals surface area contributed by atoms with E-state index in [1.54, 1.807) is 11.3 Å². The SMILES string of the molecule is CC(C)c1nc(N2CCN(C)CC2)sc1C(C)(C)N. The molecule has 0 bridgehead atoms. The van der Waals surface area contributed by atoms with Crippen molar-refractivity contribution in [1.82, 2.24) is 9.88 Å². The van der Waals surface area contributed by atoms with Gasteiger partial charge in [-0.1, -0.05) is 25.2 Å². The van der Waals surface area contributed by atoms with E-state index in [-0.39, 0.29) is 5.54 Å². The molecule has 2 heterocycles. The first-order valence-corrected chi connectivity index (χ1v) is 7.84. The molecular weight excluding hydrogens is 256 g/mol. The van der Waals surface area contributed by atoms with Crippen LogP contribution in [-0.2, 0) is 5.54 Å². The smallest absolute Gasteiger partial charge is 0.185 e. The molecule has 5 heteroatoms. The number of nitrogens with two attached hydrogens (primary N) is 1. The van der Waals surface area contributed by atoms with Gasteiger partial charge in [-0.3, -0.25) is 0 Å². The van der Waals surface area contributed by atoms with Crippen LogP contribution in [0.5, 0.6) is 0 Å². The predicted octanol–water partition coefficient (Wildman–Crippen LogP) is 2.21. The van der Waals surface area contributed by atoms with Crippen LogP contribution in [0, 0.1) is 0 Å². The molecule has 1 aliphatic rings. The number of piperazine rings is 1. The van der Waals surface area contributed by atoms with Crippen molar-refractivity contribution in [3.8, 4) is 0 Å². The lowest BCUT2D eigenvalue weighted by Crippen LogP contribution is -2.44. The van der Waals surface area contributed by atoms with Crippen LogP contribution in [0.4, 0.5) is 5.13 Å². The molecule has 4 nitrogen and oxygen atoms in total. The highest BCUT2D eigenvalue weighted by atomic mass is 32.1. The third kappa shape index (κ3) is 3.27. The molecule has 0 atom stereocenters. The van der Waals surface area contributed by atoms with Crippen LogP contribution in [0.1, 0.15) is 44.2 Å². The number of hydrogen-bond donors (Lipinski definition) is 1. The molecule has 0 aromatic carbocycles. The Bertz CT molecular complexity index is 425. The average Bonchev–Trinajstić information content (AvgIpc) is 2.74. The second kappa shape index (κ2) is 5.38. The summed E-state index contributed by atoms with van der Waals surface area (Å²) in [4.78, 5) is 10.9. The molecule has 0 radical (unpaired) electrons. The van der Waals surface area contributed by atoms with Crippen molar-refractivity contribution in [2.45, 2.75) is 39.2 Å². The van der Waals surface area contributed by atoms with Crippen molar-refractivity contribution in [2.24, 2.45) is 5.73 Å². The summed E-state index contributed by atoms with van der Waals surface area (Å²) in [6.07, 6.45) is 0. The van der Waals surface area contributed by atoms with E-state index >= 15 is 0 Å². The van der Waals surface area contributed by atoms with Gasteiger partial charge in [0.2, 0.25) is 0 Å². The molecule has 0 spiro atoms. The minimum atomic E-state index is -0.303. The lowest BCUT2D eigenvalue weighted by molar-refractivity contribution is 0.312. The third-order valence-corrected chi connectivity index (χ3v) is 5.02. The fourth-order valence-electron chi connectivity index (χ4n) is 2.31. The monoisotopic (exact) mass is 282 g/mol. The van der Waals surface area contributed by atoms with Gasteiger partial charge in [-0.2, -0.15) is 0 Å². The fraction of sp³-hybridized carbons (Fsp3) is 0.786. The topological polar surface area (TPSA) is 45.4 Å².